The number of hydrogen-bond acceptors (Lipinski definition) is 1. The standard InChI is InChI=1S/C7H8O.2Na.2H/c1-6-4-2-3-5-7(6)8;;;;/h2-5,8H,1H3;;;;. The van der Waals surface area contributed by atoms with E-state index in [4.69, 9.17) is 5.11 Å². The number of phenolic OH excluding ortho intramolecular Hbond substituents is 1. The molecule has 10 heavy (non-hydrogen) atoms. The van der Waals surface area contributed by atoms with Crippen LogP contribution >= 0.6 is 0 Å². The van der Waals surface area contributed by atoms with Crippen LogP contribution < -0.4 is 0 Å². The predicted molar refractivity (Wildman–Crippen MR) is 47.1 cm³/mol. The van der Waals surface area contributed by atoms with Crippen LogP contribution in [-0.2, 0) is 0 Å². The molecule has 0 amide bonds. The Morgan fingerprint density at radius 2 is 1.60 bits per heavy atom. The number of aryl methyl sites for hydroxylation is 1. The Morgan fingerprint density at radius 3 is 1.90 bits per heavy atom. The second-order valence-corrected chi connectivity index (χ2v) is 1.79. The molecule has 0 aliphatic rings. The topological polar surface area (TPSA) is 20.2 Å². The van der Waals surface area contributed by atoms with Crippen LogP contribution in [0.5, 0.6) is 5.75 Å². The minimum absolute atomic E-state index is 0. The zero-order valence-electron chi connectivity index (χ0n) is 4.76. The summed E-state index contributed by atoms with van der Waals surface area (Å²) in [5, 5.41) is 8.92. The van der Waals surface area contributed by atoms with E-state index in [1.807, 2.05) is 25.1 Å². The van der Waals surface area contributed by atoms with Crippen molar-refractivity contribution in [2.24, 2.45) is 0 Å². The summed E-state index contributed by atoms with van der Waals surface area (Å²) >= 11 is 0. The molecule has 1 aromatic rings. The van der Waals surface area contributed by atoms with Gasteiger partial charge in [0.15, 0.2) is 0 Å². The Kier molecular flexibility index (Phi) is 9.13. The summed E-state index contributed by atoms with van der Waals surface area (Å²) in [4.78, 5) is 0. The molecular weight excluding hydrogens is 146 g/mol. The van der Waals surface area contributed by atoms with E-state index in [2.05, 4.69) is 0 Å². The summed E-state index contributed by atoms with van der Waals surface area (Å²) in [6, 6.07) is 7.25. The van der Waals surface area contributed by atoms with E-state index in [0.717, 1.165) is 5.56 Å². The van der Waals surface area contributed by atoms with Crippen LogP contribution in [0.15, 0.2) is 24.3 Å². The Morgan fingerprint density at radius 1 is 1.10 bits per heavy atom. The van der Waals surface area contributed by atoms with Crippen LogP contribution in [0.25, 0.3) is 0 Å². The van der Waals surface area contributed by atoms with Crippen LogP contribution in [0, 0.1) is 6.92 Å². The molecule has 0 heterocycles. The van der Waals surface area contributed by atoms with Gasteiger partial charge in [-0.1, -0.05) is 18.2 Å². The van der Waals surface area contributed by atoms with E-state index < -0.39 is 0 Å². The van der Waals surface area contributed by atoms with Crippen molar-refractivity contribution in [2.45, 2.75) is 6.92 Å². The third kappa shape index (κ3) is 4.02. The first kappa shape index (κ1) is 13.6. The van der Waals surface area contributed by atoms with E-state index >= 15 is 0 Å². The van der Waals surface area contributed by atoms with Gasteiger partial charge in [0.2, 0.25) is 0 Å². The molecule has 1 rings (SSSR count). The fourth-order valence-electron chi connectivity index (χ4n) is 0.563. The molecule has 0 bridgehead atoms. The number of hydrogen-bond donors (Lipinski definition) is 1. The minimum atomic E-state index is 0. The Hall–Kier alpha value is 1.02. The monoisotopic (exact) mass is 156 g/mol. The van der Waals surface area contributed by atoms with Crippen molar-refractivity contribution in [1.29, 1.82) is 0 Å². The van der Waals surface area contributed by atoms with Gasteiger partial charge in [0.05, 0.1) is 0 Å². The van der Waals surface area contributed by atoms with Gasteiger partial charge in [-0.05, 0) is 18.6 Å². The maximum atomic E-state index is 8.92. The van der Waals surface area contributed by atoms with E-state index in [-0.39, 0.29) is 59.1 Å². The molecule has 0 saturated heterocycles. The molecule has 0 atom stereocenters. The van der Waals surface area contributed by atoms with E-state index in [1.165, 1.54) is 0 Å². The number of benzene rings is 1. The molecule has 0 unspecified atom stereocenters. The number of phenols is 1. The second-order valence-electron chi connectivity index (χ2n) is 1.79. The predicted octanol–water partition coefficient (Wildman–Crippen LogP) is 0.404. The molecule has 0 fully saturated rings. The van der Waals surface area contributed by atoms with Crippen molar-refractivity contribution < 1.29 is 5.11 Å². The first-order valence-electron chi connectivity index (χ1n) is 2.55. The van der Waals surface area contributed by atoms with E-state index in [1.54, 1.807) is 6.07 Å². The quantitative estimate of drug-likeness (QED) is 0.539. The van der Waals surface area contributed by atoms with Gasteiger partial charge in [0.1, 0.15) is 5.75 Å². The van der Waals surface area contributed by atoms with Crippen molar-refractivity contribution in [3.8, 4) is 5.75 Å². The first-order valence-corrected chi connectivity index (χ1v) is 2.55. The number of para-hydroxylation sites is 1. The van der Waals surface area contributed by atoms with E-state index in [9.17, 15) is 0 Å². The zero-order chi connectivity index (χ0) is 5.98. The zero-order valence-corrected chi connectivity index (χ0v) is 4.76. The van der Waals surface area contributed by atoms with Crippen LogP contribution in [0.2, 0.25) is 0 Å². The average molecular weight is 156 g/mol. The molecule has 1 aromatic carbocycles. The third-order valence-corrected chi connectivity index (χ3v) is 1.12. The van der Waals surface area contributed by atoms with Gasteiger partial charge in [0.25, 0.3) is 0 Å². The fraction of sp³-hybridized carbons (Fsp3) is 0.143. The second kappa shape index (κ2) is 6.71. The number of aromatic hydroxyl groups is 1. The van der Waals surface area contributed by atoms with Gasteiger partial charge in [-0.25, -0.2) is 0 Å². The molecule has 0 spiro atoms. The first-order chi connectivity index (χ1) is 3.80. The molecular formula is C7H10Na2O. The van der Waals surface area contributed by atoms with Crippen LogP contribution in [0.1, 0.15) is 5.56 Å². The molecule has 0 aliphatic carbocycles. The average Bonchev–Trinajstić information content (AvgIpc) is 1.77. The molecule has 1 N–H and O–H groups in total. The molecule has 0 aliphatic heterocycles. The molecule has 1 nitrogen and oxygen atoms in total. The van der Waals surface area contributed by atoms with Gasteiger partial charge in [-0.3, -0.25) is 0 Å². The van der Waals surface area contributed by atoms with Crippen molar-refractivity contribution in [1.82, 2.24) is 0 Å². The van der Waals surface area contributed by atoms with Crippen molar-refractivity contribution in [3.63, 3.8) is 0 Å². The van der Waals surface area contributed by atoms with Gasteiger partial charge in [-0.2, -0.15) is 0 Å². The molecule has 0 saturated carbocycles. The summed E-state index contributed by atoms with van der Waals surface area (Å²) in [6.07, 6.45) is 0. The van der Waals surface area contributed by atoms with Crippen LogP contribution in [0.3, 0.4) is 0 Å². The molecule has 46 valence electrons. The summed E-state index contributed by atoms with van der Waals surface area (Å²) < 4.78 is 0. The normalized spacial score (nSPS) is 7.30. The van der Waals surface area contributed by atoms with Gasteiger partial charge in [0, 0.05) is 0 Å². The Bertz CT molecular complexity index is 168. The van der Waals surface area contributed by atoms with Gasteiger partial charge >= 0.3 is 59.1 Å². The van der Waals surface area contributed by atoms with Crippen molar-refractivity contribution >= 4 is 59.1 Å². The van der Waals surface area contributed by atoms with Crippen LogP contribution in [-0.4, -0.2) is 64.2 Å². The summed E-state index contributed by atoms with van der Waals surface area (Å²) in [5.74, 6) is 0.368. The molecule has 0 aromatic heterocycles. The fourth-order valence-corrected chi connectivity index (χ4v) is 0.563. The van der Waals surface area contributed by atoms with Gasteiger partial charge < -0.3 is 5.11 Å². The van der Waals surface area contributed by atoms with Crippen LogP contribution in [0.4, 0.5) is 0 Å². The summed E-state index contributed by atoms with van der Waals surface area (Å²) in [7, 11) is 0. The summed E-state index contributed by atoms with van der Waals surface area (Å²) in [5.41, 5.74) is 0.924. The maximum absolute atomic E-state index is 8.92. The SMILES string of the molecule is Cc1ccccc1O.[NaH].[NaH]. The van der Waals surface area contributed by atoms with Crippen molar-refractivity contribution in [2.75, 3.05) is 0 Å². The summed E-state index contributed by atoms with van der Waals surface area (Å²) in [6.45, 7) is 1.87. The number of rotatable bonds is 0. The van der Waals surface area contributed by atoms with Gasteiger partial charge in [-0.15, -0.1) is 0 Å². The molecule has 0 radical (unpaired) electrons. The Labute approximate surface area is 105 Å². The Balaban J connectivity index is 0. The van der Waals surface area contributed by atoms with E-state index in [0.29, 0.717) is 5.75 Å². The van der Waals surface area contributed by atoms with Crippen molar-refractivity contribution in [3.05, 3.63) is 29.8 Å². The third-order valence-electron chi connectivity index (χ3n) is 1.12. The molecule has 3 heteroatoms.